The minimum absolute atomic E-state index is 0.00554. The lowest BCUT2D eigenvalue weighted by atomic mass is 10.00. The van der Waals surface area contributed by atoms with Gasteiger partial charge in [0.1, 0.15) is 0 Å². The van der Waals surface area contributed by atoms with Crippen LogP contribution in [0.4, 0.5) is 5.69 Å². The van der Waals surface area contributed by atoms with Gasteiger partial charge >= 0.3 is 11.7 Å². The Balaban J connectivity index is 2.01. The van der Waals surface area contributed by atoms with Crippen LogP contribution in [0.25, 0.3) is 0 Å². The van der Waals surface area contributed by atoms with Crippen LogP contribution < -0.4 is 4.74 Å². The lowest BCUT2D eigenvalue weighted by molar-refractivity contribution is -0.385. The summed E-state index contributed by atoms with van der Waals surface area (Å²) >= 11 is 0. The van der Waals surface area contributed by atoms with E-state index in [1.165, 1.54) is 19.2 Å². The van der Waals surface area contributed by atoms with Crippen molar-refractivity contribution in [2.75, 3.05) is 20.3 Å². The minimum Gasteiger partial charge on any atom is -0.490 e. The molecule has 1 fully saturated rings. The molecule has 0 unspecified atom stereocenters. The van der Waals surface area contributed by atoms with Crippen molar-refractivity contribution in [1.29, 1.82) is 0 Å². The fourth-order valence-corrected chi connectivity index (χ4v) is 3.01. The van der Waals surface area contributed by atoms with Gasteiger partial charge in [0, 0.05) is 18.7 Å². The first-order valence-corrected chi connectivity index (χ1v) is 8.27. The fourth-order valence-electron chi connectivity index (χ4n) is 3.01. The lowest BCUT2D eigenvalue weighted by Gasteiger charge is -2.35. The third-order valence-electron chi connectivity index (χ3n) is 4.36. The van der Waals surface area contributed by atoms with E-state index in [0.717, 1.165) is 31.7 Å². The SMILES string of the molecule is CC[C@H]1CCCCN1C(=O)COC(=O)c1ccc(OC)c([N+](=O)[O-])c1. The molecule has 1 heterocycles. The summed E-state index contributed by atoms with van der Waals surface area (Å²) in [5.41, 5.74) is -0.323. The van der Waals surface area contributed by atoms with Crippen molar-refractivity contribution in [1.82, 2.24) is 4.90 Å². The maximum absolute atomic E-state index is 12.3. The number of ether oxygens (including phenoxy) is 2. The maximum atomic E-state index is 12.3. The molecule has 1 atom stereocenters. The van der Waals surface area contributed by atoms with Gasteiger partial charge in [-0.15, -0.1) is 0 Å². The Morgan fingerprint density at radius 3 is 2.76 bits per heavy atom. The zero-order valence-electron chi connectivity index (χ0n) is 14.4. The summed E-state index contributed by atoms with van der Waals surface area (Å²) in [6.45, 7) is 2.33. The second-order valence-corrected chi connectivity index (χ2v) is 5.86. The Kier molecular flexibility index (Phi) is 6.32. The summed E-state index contributed by atoms with van der Waals surface area (Å²) in [5.74, 6) is -0.955. The van der Waals surface area contributed by atoms with E-state index in [9.17, 15) is 19.7 Å². The Hall–Kier alpha value is -2.64. The Bertz CT molecular complexity index is 661. The Morgan fingerprint density at radius 2 is 2.12 bits per heavy atom. The number of carbonyl (C=O) groups excluding carboxylic acids is 2. The maximum Gasteiger partial charge on any atom is 0.338 e. The van der Waals surface area contributed by atoms with Gasteiger partial charge in [-0.25, -0.2) is 4.79 Å². The monoisotopic (exact) mass is 350 g/mol. The first-order valence-electron chi connectivity index (χ1n) is 8.27. The van der Waals surface area contributed by atoms with Gasteiger partial charge in [0.2, 0.25) is 0 Å². The molecule has 0 aliphatic carbocycles. The standard InChI is InChI=1S/C17H22N2O6/c1-3-13-6-4-5-9-18(13)16(20)11-25-17(21)12-7-8-15(24-2)14(10-12)19(22)23/h7-8,10,13H,3-6,9,11H2,1-2H3/t13-/m0/s1. The Morgan fingerprint density at radius 1 is 1.36 bits per heavy atom. The zero-order chi connectivity index (χ0) is 18.4. The molecule has 1 aliphatic heterocycles. The third-order valence-corrected chi connectivity index (χ3v) is 4.36. The molecule has 1 aromatic carbocycles. The first kappa shape index (κ1) is 18.7. The van der Waals surface area contributed by atoms with Crippen molar-refractivity contribution in [3.8, 4) is 5.75 Å². The molecule has 136 valence electrons. The third kappa shape index (κ3) is 4.46. The van der Waals surface area contributed by atoms with Crippen molar-refractivity contribution in [2.24, 2.45) is 0 Å². The highest BCUT2D eigenvalue weighted by atomic mass is 16.6. The van der Waals surface area contributed by atoms with Crippen molar-refractivity contribution >= 4 is 17.6 Å². The first-order chi connectivity index (χ1) is 12.0. The number of rotatable bonds is 6. The molecule has 8 nitrogen and oxygen atoms in total. The number of benzene rings is 1. The van der Waals surface area contributed by atoms with Crippen LogP contribution in [-0.4, -0.2) is 48.0 Å². The average Bonchev–Trinajstić information content (AvgIpc) is 2.65. The molecule has 0 spiro atoms. The summed E-state index contributed by atoms with van der Waals surface area (Å²) in [6, 6.07) is 3.96. The molecule has 0 radical (unpaired) electrons. The summed E-state index contributed by atoms with van der Waals surface area (Å²) in [6.07, 6.45) is 3.86. The lowest BCUT2D eigenvalue weighted by Crippen LogP contribution is -2.45. The van der Waals surface area contributed by atoms with E-state index in [1.807, 2.05) is 6.92 Å². The number of amides is 1. The van der Waals surface area contributed by atoms with Crippen LogP contribution in [0.15, 0.2) is 18.2 Å². The molecule has 2 rings (SSSR count). The van der Waals surface area contributed by atoms with Gasteiger partial charge in [0.05, 0.1) is 17.6 Å². The van der Waals surface area contributed by atoms with Gasteiger partial charge in [0.15, 0.2) is 12.4 Å². The van der Waals surface area contributed by atoms with E-state index in [4.69, 9.17) is 9.47 Å². The van der Waals surface area contributed by atoms with Gasteiger partial charge in [-0.3, -0.25) is 14.9 Å². The van der Waals surface area contributed by atoms with Crippen LogP contribution in [0.1, 0.15) is 43.0 Å². The van der Waals surface area contributed by atoms with Crippen molar-refractivity contribution < 1.29 is 24.0 Å². The largest absolute Gasteiger partial charge is 0.490 e. The smallest absolute Gasteiger partial charge is 0.338 e. The summed E-state index contributed by atoms with van der Waals surface area (Å²) in [7, 11) is 1.31. The number of hydrogen-bond donors (Lipinski definition) is 0. The predicted molar refractivity (Wildman–Crippen MR) is 89.6 cm³/mol. The molecule has 1 amide bonds. The second-order valence-electron chi connectivity index (χ2n) is 5.86. The van der Waals surface area contributed by atoms with Crippen LogP contribution >= 0.6 is 0 Å². The molecule has 0 N–H and O–H groups in total. The molecule has 0 bridgehead atoms. The molecular formula is C17H22N2O6. The number of esters is 1. The highest BCUT2D eigenvalue weighted by molar-refractivity contribution is 5.92. The van der Waals surface area contributed by atoms with Crippen molar-refractivity contribution in [3.05, 3.63) is 33.9 Å². The van der Waals surface area contributed by atoms with Gasteiger partial charge in [0.25, 0.3) is 5.91 Å². The van der Waals surface area contributed by atoms with Gasteiger partial charge in [-0.1, -0.05) is 6.92 Å². The number of piperidine rings is 1. The van der Waals surface area contributed by atoms with Crippen LogP contribution in [0.5, 0.6) is 5.75 Å². The number of carbonyl (C=O) groups is 2. The van der Waals surface area contributed by atoms with E-state index in [0.29, 0.717) is 6.54 Å². The van der Waals surface area contributed by atoms with E-state index in [1.54, 1.807) is 4.90 Å². The molecule has 1 aromatic rings. The van der Waals surface area contributed by atoms with Crippen LogP contribution in [0.2, 0.25) is 0 Å². The average molecular weight is 350 g/mol. The van der Waals surface area contributed by atoms with E-state index in [-0.39, 0.29) is 35.6 Å². The molecule has 25 heavy (non-hydrogen) atoms. The second kappa shape index (κ2) is 8.46. The zero-order valence-corrected chi connectivity index (χ0v) is 14.4. The number of nitro groups is 1. The van der Waals surface area contributed by atoms with Gasteiger partial charge < -0.3 is 14.4 Å². The summed E-state index contributed by atoms with van der Waals surface area (Å²) < 4.78 is 9.94. The quantitative estimate of drug-likeness (QED) is 0.444. The van der Waals surface area contributed by atoms with E-state index >= 15 is 0 Å². The Labute approximate surface area is 145 Å². The summed E-state index contributed by atoms with van der Waals surface area (Å²) in [4.78, 5) is 36.5. The topological polar surface area (TPSA) is 99.0 Å². The summed E-state index contributed by atoms with van der Waals surface area (Å²) in [5, 5.41) is 11.0. The molecular weight excluding hydrogens is 328 g/mol. The van der Waals surface area contributed by atoms with E-state index < -0.39 is 10.9 Å². The molecule has 8 heteroatoms. The van der Waals surface area contributed by atoms with Crippen LogP contribution in [0.3, 0.4) is 0 Å². The molecule has 0 saturated carbocycles. The van der Waals surface area contributed by atoms with Crippen molar-refractivity contribution in [2.45, 2.75) is 38.6 Å². The van der Waals surface area contributed by atoms with Crippen LogP contribution in [0, 0.1) is 10.1 Å². The molecule has 1 aliphatic rings. The normalized spacial score (nSPS) is 17.0. The molecule has 1 saturated heterocycles. The van der Waals surface area contributed by atoms with Crippen LogP contribution in [-0.2, 0) is 9.53 Å². The number of nitro benzene ring substituents is 1. The molecule has 0 aromatic heterocycles. The highest BCUT2D eigenvalue weighted by Crippen LogP contribution is 2.27. The fraction of sp³-hybridized carbons (Fsp3) is 0.529. The predicted octanol–water partition coefficient (Wildman–Crippen LogP) is 2.55. The van der Waals surface area contributed by atoms with Crippen molar-refractivity contribution in [3.63, 3.8) is 0 Å². The number of nitrogens with zero attached hydrogens (tertiary/aromatic N) is 2. The van der Waals surface area contributed by atoms with Gasteiger partial charge in [-0.05, 0) is 37.8 Å². The van der Waals surface area contributed by atoms with E-state index in [2.05, 4.69) is 0 Å². The van der Waals surface area contributed by atoms with Gasteiger partial charge in [-0.2, -0.15) is 0 Å². The number of hydrogen-bond acceptors (Lipinski definition) is 6. The highest BCUT2D eigenvalue weighted by Gasteiger charge is 2.26. The number of likely N-dealkylation sites (tertiary alicyclic amines) is 1. The number of methoxy groups -OCH3 is 1. The minimum atomic E-state index is -0.774.